The summed E-state index contributed by atoms with van der Waals surface area (Å²) in [6.45, 7) is 0.189. The van der Waals surface area contributed by atoms with Crippen molar-refractivity contribution in [1.29, 1.82) is 0 Å². The number of fused-ring (bicyclic) bond motifs is 1. The van der Waals surface area contributed by atoms with E-state index in [0.29, 0.717) is 0 Å². The molecule has 0 atom stereocenters. The summed E-state index contributed by atoms with van der Waals surface area (Å²) in [4.78, 5) is -0.0391. The Kier molecular flexibility index (Phi) is 3.36. The molecule has 7 heteroatoms. The Labute approximate surface area is 122 Å². The lowest BCUT2D eigenvalue weighted by atomic mass is 10.1. The van der Waals surface area contributed by atoms with Gasteiger partial charge in [-0.15, -0.1) is 0 Å². The number of aromatic nitrogens is 2. The van der Waals surface area contributed by atoms with Gasteiger partial charge in [-0.25, -0.2) is 13.1 Å². The molecular weight excluding hydrogens is 288 g/mol. The maximum absolute atomic E-state index is 12.2. The highest BCUT2D eigenvalue weighted by molar-refractivity contribution is 7.89. The number of nitrogens with two attached hydrogens (primary N) is 1. The largest absolute Gasteiger partial charge is 0.383 e. The SMILES string of the molecule is Nc1[nH]ncc1S(=O)(=O)NCc1cccc2ccccc12. The highest BCUT2D eigenvalue weighted by atomic mass is 32.2. The number of nitrogens with one attached hydrogen (secondary N) is 2. The first-order valence-corrected chi connectivity index (χ1v) is 7.81. The zero-order chi connectivity index (χ0) is 14.9. The van der Waals surface area contributed by atoms with E-state index in [1.54, 1.807) is 0 Å². The molecule has 0 bridgehead atoms. The fourth-order valence-electron chi connectivity index (χ4n) is 2.20. The van der Waals surface area contributed by atoms with E-state index < -0.39 is 10.0 Å². The number of anilines is 1. The molecule has 0 aliphatic carbocycles. The van der Waals surface area contributed by atoms with Gasteiger partial charge in [0.25, 0.3) is 0 Å². The summed E-state index contributed by atoms with van der Waals surface area (Å²) < 4.78 is 26.9. The van der Waals surface area contributed by atoms with Crippen LogP contribution in [0.2, 0.25) is 0 Å². The first kappa shape index (κ1) is 13.6. The lowest BCUT2D eigenvalue weighted by molar-refractivity contribution is 0.582. The van der Waals surface area contributed by atoms with Crippen LogP contribution in [0.1, 0.15) is 5.56 Å². The summed E-state index contributed by atoms with van der Waals surface area (Å²) in [5, 5.41) is 8.12. The van der Waals surface area contributed by atoms with Crippen molar-refractivity contribution in [1.82, 2.24) is 14.9 Å². The maximum atomic E-state index is 12.2. The highest BCUT2D eigenvalue weighted by Crippen LogP contribution is 2.19. The van der Waals surface area contributed by atoms with Gasteiger partial charge in [0.05, 0.1) is 6.20 Å². The Bertz CT molecular complexity index is 881. The van der Waals surface area contributed by atoms with Gasteiger partial charge < -0.3 is 5.73 Å². The normalized spacial score (nSPS) is 11.8. The minimum Gasteiger partial charge on any atom is -0.383 e. The molecule has 0 saturated heterocycles. The van der Waals surface area contributed by atoms with E-state index in [2.05, 4.69) is 14.9 Å². The molecule has 108 valence electrons. The van der Waals surface area contributed by atoms with E-state index in [4.69, 9.17) is 5.73 Å². The summed E-state index contributed by atoms with van der Waals surface area (Å²) >= 11 is 0. The summed E-state index contributed by atoms with van der Waals surface area (Å²) in [7, 11) is -3.68. The van der Waals surface area contributed by atoms with Crippen molar-refractivity contribution in [3.05, 3.63) is 54.2 Å². The van der Waals surface area contributed by atoms with Crippen molar-refractivity contribution < 1.29 is 8.42 Å². The number of rotatable bonds is 4. The third-order valence-corrected chi connectivity index (χ3v) is 4.68. The Balaban J connectivity index is 1.89. The fraction of sp³-hybridized carbons (Fsp3) is 0.0714. The minimum atomic E-state index is -3.68. The van der Waals surface area contributed by atoms with Crippen LogP contribution in [0.25, 0.3) is 10.8 Å². The standard InChI is InChI=1S/C14H14N4O2S/c15-14-13(9-16-18-14)21(19,20)17-8-11-6-3-5-10-4-1-2-7-12(10)11/h1-7,9,17H,8H2,(H3,15,16,18). The number of hydrogen-bond donors (Lipinski definition) is 3. The van der Waals surface area contributed by atoms with Gasteiger partial charge in [0.1, 0.15) is 10.7 Å². The van der Waals surface area contributed by atoms with E-state index >= 15 is 0 Å². The zero-order valence-electron chi connectivity index (χ0n) is 11.1. The van der Waals surface area contributed by atoms with Crippen molar-refractivity contribution in [2.24, 2.45) is 0 Å². The lowest BCUT2D eigenvalue weighted by Crippen LogP contribution is -2.23. The van der Waals surface area contributed by atoms with Gasteiger partial charge in [-0.1, -0.05) is 42.5 Å². The molecule has 4 N–H and O–H groups in total. The van der Waals surface area contributed by atoms with E-state index in [1.165, 1.54) is 6.20 Å². The van der Waals surface area contributed by atoms with Crippen LogP contribution in [0.15, 0.2) is 53.6 Å². The molecule has 0 unspecified atom stereocenters. The number of sulfonamides is 1. The van der Waals surface area contributed by atoms with Crippen LogP contribution in [0.3, 0.4) is 0 Å². The molecule has 0 radical (unpaired) electrons. The Morgan fingerprint density at radius 3 is 2.67 bits per heavy atom. The number of aromatic amines is 1. The highest BCUT2D eigenvalue weighted by Gasteiger charge is 2.19. The number of benzene rings is 2. The third kappa shape index (κ3) is 2.61. The van der Waals surface area contributed by atoms with Gasteiger partial charge in [0.2, 0.25) is 10.0 Å². The summed E-state index contributed by atoms with van der Waals surface area (Å²) in [6.07, 6.45) is 1.20. The molecule has 1 heterocycles. The Morgan fingerprint density at radius 1 is 1.14 bits per heavy atom. The summed E-state index contributed by atoms with van der Waals surface area (Å²) in [5.74, 6) is 0.0282. The monoisotopic (exact) mass is 302 g/mol. The number of H-pyrrole nitrogens is 1. The number of nitrogens with zero attached hydrogens (tertiary/aromatic N) is 1. The molecule has 0 amide bonds. The van der Waals surface area contributed by atoms with E-state index in [1.807, 2.05) is 42.5 Å². The third-order valence-electron chi connectivity index (χ3n) is 3.25. The molecule has 0 aliphatic rings. The van der Waals surface area contributed by atoms with E-state index in [0.717, 1.165) is 16.3 Å². The predicted molar refractivity (Wildman–Crippen MR) is 81.0 cm³/mol. The quantitative estimate of drug-likeness (QED) is 0.681. The molecule has 0 saturated carbocycles. The number of nitrogen functional groups attached to an aromatic ring is 1. The molecular formula is C14H14N4O2S. The molecule has 2 aromatic carbocycles. The van der Waals surface area contributed by atoms with Gasteiger partial charge in [-0.2, -0.15) is 5.10 Å². The van der Waals surface area contributed by atoms with Crippen LogP contribution in [-0.4, -0.2) is 18.6 Å². The molecule has 0 aliphatic heterocycles. The van der Waals surface area contributed by atoms with Crippen LogP contribution in [0.4, 0.5) is 5.82 Å². The van der Waals surface area contributed by atoms with Crippen molar-refractivity contribution in [2.75, 3.05) is 5.73 Å². The molecule has 3 aromatic rings. The van der Waals surface area contributed by atoms with Crippen LogP contribution >= 0.6 is 0 Å². The molecule has 21 heavy (non-hydrogen) atoms. The molecule has 6 nitrogen and oxygen atoms in total. The molecule has 0 fully saturated rings. The summed E-state index contributed by atoms with van der Waals surface area (Å²) in [5.41, 5.74) is 6.45. The molecule has 0 spiro atoms. The van der Waals surface area contributed by atoms with E-state index in [9.17, 15) is 8.42 Å². The molecule has 3 rings (SSSR count). The van der Waals surface area contributed by atoms with Crippen LogP contribution in [0.5, 0.6) is 0 Å². The topological polar surface area (TPSA) is 101 Å². The van der Waals surface area contributed by atoms with Gasteiger partial charge in [0, 0.05) is 6.54 Å². The van der Waals surface area contributed by atoms with Crippen LogP contribution < -0.4 is 10.5 Å². The minimum absolute atomic E-state index is 0.0282. The van der Waals surface area contributed by atoms with Gasteiger partial charge in [-0.05, 0) is 16.3 Å². The smallest absolute Gasteiger partial charge is 0.246 e. The van der Waals surface area contributed by atoms with Gasteiger partial charge >= 0.3 is 0 Å². The Morgan fingerprint density at radius 2 is 1.90 bits per heavy atom. The van der Waals surface area contributed by atoms with E-state index in [-0.39, 0.29) is 17.3 Å². The second kappa shape index (κ2) is 5.19. The molecule has 1 aromatic heterocycles. The van der Waals surface area contributed by atoms with Crippen molar-refractivity contribution >= 4 is 26.6 Å². The zero-order valence-corrected chi connectivity index (χ0v) is 11.9. The van der Waals surface area contributed by atoms with Crippen molar-refractivity contribution in [2.45, 2.75) is 11.4 Å². The lowest BCUT2D eigenvalue weighted by Gasteiger charge is -2.08. The van der Waals surface area contributed by atoms with Crippen LogP contribution in [0, 0.1) is 0 Å². The average molecular weight is 302 g/mol. The van der Waals surface area contributed by atoms with Crippen molar-refractivity contribution in [3.63, 3.8) is 0 Å². The van der Waals surface area contributed by atoms with Crippen molar-refractivity contribution in [3.8, 4) is 0 Å². The van der Waals surface area contributed by atoms with Crippen LogP contribution in [-0.2, 0) is 16.6 Å². The Hall–Kier alpha value is -2.38. The fourth-order valence-corrected chi connectivity index (χ4v) is 3.22. The number of hydrogen-bond acceptors (Lipinski definition) is 4. The van der Waals surface area contributed by atoms with Gasteiger partial charge in [0.15, 0.2) is 0 Å². The average Bonchev–Trinajstić information content (AvgIpc) is 2.92. The first-order valence-electron chi connectivity index (χ1n) is 6.33. The second-order valence-electron chi connectivity index (χ2n) is 4.61. The summed E-state index contributed by atoms with van der Waals surface area (Å²) in [6, 6.07) is 13.6. The maximum Gasteiger partial charge on any atom is 0.246 e. The van der Waals surface area contributed by atoms with Gasteiger partial charge in [-0.3, -0.25) is 5.10 Å². The first-order chi connectivity index (χ1) is 10.1. The second-order valence-corrected chi connectivity index (χ2v) is 6.35. The predicted octanol–water partition coefficient (Wildman–Crippen LogP) is 1.62.